The molecule has 0 aromatic rings. The van der Waals surface area contributed by atoms with Gasteiger partial charge in [0.25, 0.3) is 0 Å². The van der Waals surface area contributed by atoms with Crippen LogP contribution in [0.25, 0.3) is 0 Å². The lowest BCUT2D eigenvalue weighted by Gasteiger charge is -2.15. The minimum atomic E-state index is 0.722. The highest BCUT2D eigenvalue weighted by Crippen LogP contribution is 2.28. The van der Waals surface area contributed by atoms with E-state index in [1.165, 1.54) is 39.0 Å². The zero-order valence-electron chi connectivity index (χ0n) is 5.82. The Balaban J connectivity index is 2.04. The third-order valence-electron chi connectivity index (χ3n) is 2.79. The monoisotopic (exact) mass is 127 g/mol. The second kappa shape index (κ2) is 1.96. The summed E-state index contributed by atoms with van der Waals surface area (Å²) in [5.41, 5.74) is 0.722. The van der Waals surface area contributed by atoms with Crippen LogP contribution in [-0.2, 0) is 0 Å². The van der Waals surface area contributed by atoms with Crippen LogP contribution in [0.2, 0.25) is 0 Å². The van der Waals surface area contributed by atoms with Gasteiger partial charge in [-0.25, -0.2) is 0 Å². The van der Waals surface area contributed by atoms with Gasteiger partial charge >= 0.3 is 0 Å². The molecule has 1 spiro atoms. The minimum Gasteiger partial charge on any atom is -0.346 e. The summed E-state index contributed by atoms with van der Waals surface area (Å²) in [6, 6.07) is 0. The largest absolute Gasteiger partial charge is 0.346 e. The standard InChI is InChI=1S/C7H14N2/c1-3-8-5-7(1)2-4-9-6-7/h8-9H,1-6H2/p+1. The van der Waals surface area contributed by atoms with Gasteiger partial charge in [0.15, 0.2) is 0 Å². The molecule has 3 N–H and O–H groups in total. The Bertz CT molecular complexity index is 82.0. The Kier molecular flexibility index (Phi) is 1.24. The van der Waals surface area contributed by atoms with Gasteiger partial charge in [0.05, 0.1) is 13.1 Å². The predicted molar refractivity (Wildman–Crippen MR) is 36.2 cm³/mol. The Morgan fingerprint density at radius 3 is 2.89 bits per heavy atom. The van der Waals surface area contributed by atoms with Crippen LogP contribution in [0, 0.1) is 5.41 Å². The average molecular weight is 127 g/mol. The number of hydrogen-bond donors (Lipinski definition) is 2. The Hall–Kier alpha value is -0.0800. The molecule has 2 nitrogen and oxygen atoms in total. The topological polar surface area (TPSA) is 28.6 Å². The van der Waals surface area contributed by atoms with Gasteiger partial charge in [0.1, 0.15) is 0 Å². The van der Waals surface area contributed by atoms with Crippen LogP contribution >= 0.6 is 0 Å². The number of nitrogens with one attached hydrogen (secondary N) is 1. The highest BCUT2D eigenvalue weighted by atomic mass is 15.0. The van der Waals surface area contributed by atoms with E-state index in [0.29, 0.717) is 0 Å². The number of rotatable bonds is 0. The third kappa shape index (κ3) is 0.864. The zero-order valence-corrected chi connectivity index (χ0v) is 5.82. The average Bonchev–Trinajstić information content (AvgIpc) is 2.45. The summed E-state index contributed by atoms with van der Waals surface area (Å²) in [6.45, 7) is 5.28. The van der Waals surface area contributed by atoms with Crippen molar-refractivity contribution in [2.75, 3.05) is 26.2 Å². The van der Waals surface area contributed by atoms with Gasteiger partial charge in [0, 0.05) is 18.4 Å². The molecule has 2 fully saturated rings. The molecule has 1 unspecified atom stereocenters. The molecule has 1 atom stereocenters. The maximum atomic E-state index is 3.44. The lowest BCUT2D eigenvalue weighted by molar-refractivity contribution is -0.640. The van der Waals surface area contributed by atoms with Crippen molar-refractivity contribution in [3.05, 3.63) is 0 Å². The quantitative estimate of drug-likeness (QED) is 0.426. The first kappa shape index (κ1) is 5.69. The van der Waals surface area contributed by atoms with Crippen molar-refractivity contribution in [3.63, 3.8) is 0 Å². The van der Waals surface area contributed by atoms with Gasteiger partial charge in [-0.3, -0.25) is 0 Å². The molecule has 9 heavy (non-hydrogen) atoms. The molecule has 0 amide bonds. The first-order chi connectivity index (χ1) is 4.41. The Labute approximate surface area is 56.0 Å². The molecule has 0 radical (unpaired) electrons. The fourth-order valence-corrected chi connectivity index (χ4v) is 2.10. The van der Waals surface area contributed by atoms with Crippen LogP contribution in [0.15, 0.2) is 0 Å². The molecule has 0 aliphatic carbocycles. The summed E-state index contributed by atoms with van der Waals surface area (Å²) in [6.07, 6.45) is 2.86. The van der Waals surface area contributed by atoms with Crippen LogP contribution in [0.3, 0.4) is 0 Å². The fraction of sp³-hybridized carbons (Fsp3) is 1.00. The van der Waals surface area contributed by atoms with Crippen molar-refractivity contribution in [2.45, 2.75) is 12.8 Å². The molecule has 0 aromatic heterocycles. The molecule has 52 valence electrons. The van der Waals surface area contributed by atoms with Gasteiger partial charge < -0.3 is 10.6 Å². The smallest absolute Gasteiger partial charge is 0.0827 e. The van der Waals surface area contributed by atoms with Crippen molar-refractivity contribution in [2.24, 2.45) is 5.41 Å². The minimum absolute atomic E-state index is 0.722. The maximum Gasteiger partial charge on any atom is 0.0827 e. The van der Waals surface area contributed by atoms with E-state index in [-0.39, 0.29) is 0 Å². The Morgan fingerprint density at radius 2 is 2.33 bits per heavy atom. The molecule has 2 rings (SSSR count). The summed E-state index contributed by atoms with van der Waals surface area (Å²) in [5, 5.41) is 5.89. The first-order valence-electron chi connectivity index (χ1n) is 3.94. The van der Waals surface area contributed by atoms with Crippen LogP contribution in [-0.4, -0.2) is 26.2 Å². The SMILES string of the molecule is C1CC2(CC[NH2+]C2)CN1. The van der Waals surface area contributed by atoms with Gasteiger partial charge in [-0.1, -0.05) is 0 Å². The molecule has 0 aromatic carbocycles. The summed E-state index contributed by atoms with van der Waals surface area (Å²) >= 11 is 0. The normalized spacial score (nSPS) is 42.7. The molecular weight excluding hydrogens is 112 g/mol. The molecule has 0 saturated carbocycles. The maximum absolute atomic E-state index is 3.44. The summed E-state index contributed by atoms with van der Waals surface area (Å²) in [7, 11) is 0. The van der Waals surface area contributed by atoms with E-state index in [1.54, 1.807) is 0 Å². The highest BCUT2D eigenvalue weighted by Gasteiger charge is 2.39. The van der Waals surface area contributed by atoms with E-state index in [9.17, 15) is 0 Å². The molecule has 2 aliphatic heterocycles. The molecule has 2 saturated heterocycles. The first-order valence-corrected chi connectivity index (χ1v) is 3.94. The van der Waals surface area contributed by atoms with E-state index in [1.807, 2.05) is 0 Å². The van der Waals surface area contributed by atoms with E-state index in [4.69, 9.17) is 0 Å². The van der Waals surface area contributed by atoms with Crippen LogP contribution in [0.4, 0.5) is 0 Å². The lowest BCUT2D eigenvalue weighted by Crippen LogP contribution is -2.82. The molecular formula is C7H15N2+. The van der Waals surface area contributed by atoms with E-state index < -0.39 is 0 Å². The van der Waals surface area contributed by atoms with Crippen LogP contribution in [0.1, 0.15) is 12.8 Å². The second-order valence-electron chi connectivity index (χ2n) is 3.46. The Morgan fingerprint density at radius 1 is 1.33 bits per heavy atom. The highest BCUT2D eigenvalue weighted by molar-refractivity contribution is 4.88. The molecule has 2 heterocycles. The van der Waals surface area contributed by atoms with Crippen molar-refractivity contribution in [3.8, 4) is 0 Å². The van der Waals surface area contributed by atoms with Crippen molar-refractivity contribution < 1.29 is 5.32 Å². The zero-order chi connectivity index (χ0) is 6.16. The molecule has 2 aliphatic rings. The van der Waals surface area contributed by atoms with Crippen molar-refractivity contribution >= 4 is 0 Å². The lowest BCUT2D eigenvalue weighted by atomic mass is 9.87. The summed E-state index contributed by atoms with van der Waals surface area (Å²) in [4.78, 5) is 0. The number of hydrogen-bond acceptors (Lipinski definition) is 1. The van der Waals surface area contributed by atoms with E-state index in [2.05, 4.69) is 10.6 Å². The third-order valence-corrected chi connectivity index (χ3v) is 2.79. The van der Waals surface area contributed by atoms with Gasteiger partial charge in [-0.05, 0) is 13.0 Å². The molecule has 0 bridgehead atoms. The summed E-state index contributed by atoms with van der Waals surface area (Å²) < 4.78 is 0. The van der Waals surface area contributed by atoms with Gasteiger partial charge in [-0.15, -0.1) is 0 Å². The molecule has 2 heteroatoms. The van der Waals surface area contributed by atoms with E-state index in [0.717, 1.165) is 5.41 Å². The summed E-state index contributed by atoms with van der Waals surface area (Å²) in [5.74, 6) is 0. The van der Waals surface area contributed by atoms with Gasteiger partial charge in [0.2, 0.25) is 0 Å². The van der Waals surface area contributed by atoms with Crippen molar-refractivity contribution in [1.82, 2.24) is 5.32 Å². The van der Waals surface area contributed by atoms with Crippen LogP contribution < -0.4 is 10.6 Å². The predicted octanol–water partition coefficient (Wildman–Crippen LogP) is -1.07. The second-order valence-corrected chi connectivity index (χ2v) is 3.46. The van der Waals surface area contributed by atoms with E-state index >= 15 is 0 Å². The van der Waals surface area contributed by atoms with Crippen LogP contribution in [0.5, 0.6) is 0 Å². The van der Waals surface area contributed by atoms with Gasteiger partial charge in [-0.2, -0.15) is 0 Å². The number of quaternary nitrogens is 1. The fourth-order valence-electron chi connectivity index (χ4n) is 2.10. The van der Waals surface area contributed by atoms with Crippen molar-refractivity contribution in [1.29, 1.82) is 0 Å². The number of nitrogens with two attached hydrogens (primary N) is 1.